The number of hydrogen-bond donors (Lipinski definition) is 1. The first-order chi connectivity index (χ1) is 6.66. The standard InChI is InChI=1S/C10H11BrFNS/c1-6-2-3-13-9-4-7(11)8(12)5-10(9)14-6/h4-6,13H,2-3H2,1H3. The maximum Gasteiger partial charge on any atom is 0.138 e. The first-order valence-electron chi connectivity index (χ1n) is 4.56. The van der Waals surface area contributed by atoms with Gasteiger partial charge in [-0.15, -0.1) is 11.8 Å². The van der Waals surface area contributed by atoms with E-state index in [9.17, 15) is 4.39 Å². The fourth-order valence-electron chi connectivity index (χ4n) is 1.45. The van der Waals surface area contributed by atoms with E-state index in [1.54, 1.807) is 17.8 Å². The molecule has 76 valence electrons. The van der Waals surface area contributed by atoms with E-state index < -0.39 is 0 Å². The first kappa shape index (κ1) is 10.3. The molecular weight excluding hydrogens is 265 g/mol. The zero-order valence-corrected chi connectivity index (χ0v) is 10.2. The third kappa shape index (κ3) is 2.06. The summed E-state index contributed by atoms with van der Waals surface area (Å²) in [5.41, 5.74) is 1.03. The zero-order valence-electron chi connectivity index (χ0n) is 7.81. The summed E-state index contributed by atoms with van der Waals surface area (Å²) in [6.07, 6.45) is 1.11. The average Bonchev–Trinajstić information content (AvgIpc) is 2.28. The van der Waals surface area contributed by atoms with Gasteiger partial charge >= 0.3 is 0 Å². The van der Waals surface area contributed by atoms with Gasteiger partial charge in [-0.25, -0.2) is 4.39 Å². The molecule has 2 rings (SSSR count). The Morgan fingerprint density at radius 2 is 2.36 bits per heavy atom. The van der Waals surface area contributed by atoms with Crippen molar-refractivity contribution in [2.45, 2.75) is 23.5 Å². The van der Waals surface area contributed by atoms with Gasteiger partial charge in [0.25, 0.3) is 0 Å². The minimum absolute atomic E-state index is 0.188. The maximum atomic E-state index is 13.3. The average molecular weight is 276 g/mol. The number of nitrogens with one attached hydrogen (secondary N) is 1. The Morgan fingerprint density at radius 3 is 3.14 bits per heavy atom. The lowest BCUT2D eigenvalue weighted by atomic mass is 10.3. The Hall–Kier alpha value is -0.220. The molecule has 0 amide bonds. The van der Waals surface area contributed by atoms with Crippen LogP contribution in [-0.4, -0.2) is 11.8 Å². The van der Waals surface area contributed by atoms with E-state index in [1.165, 1.54) is 0 Å². The molecule has 1 unspecified atom stereocenters. The second kappa shape index (κ2) is 4.11. The molecule has 1 aromatic carbocycles. The normalized spacial score (nSPS) is 20.9. The summed E-state index contributed by atoms with van der Waals surface area (Å²) >= 11 is 4.92. The van der Waals surface area contributed by atoms with Crippen LogP contribution in [0.25, 0.3) is 0 Å². The van der Waals surface area contributed by atoms with Gasteiger partial charge in [-0.2, -0.15) is 0 Å². The van der Waals surface area contributed by atoms with E-state index in [-0.39, 0.29) is 5.82 Å². The van der Waals surface area contributed by atoms with Gasteiger partial charge in [0.1, 0.15) is 5.82 Å². The Morgan fingerprint density at radius 1 is 1.57 bits per heavy atom. The number of anilines is 1. The minimum Gasteiger partial charge on any atom is -0.384 e. The number of hydrogen-bond acceptors (Lipinski definition) is 2. The molecule has 1 aromatic rings. The van der Waals surface area contributed by atoms with Crippen LogP contribution in [0.2, 0.25) is 0 Å². The van der Waals surface area contributed by atoms with Crippen molar-refractivity contribution in [3.63, 3.8) is 0 Å². The van der Waals surface area contributed by atoms with Crippen molar-refractivity contribution in [1.82, 2.24) is 0 Å². The van der Waals surface area contributed by atoms with Crippen LogP contribution >= 0.6 is 27.7 Å². The Labute approximate surface area is 95.6 Å². The van der Waals surface area contributed by atoms with E-state index in [4.69, 9.17) is 0 Å². The summed E-state index contributed by atoms with van der Waals surface area (Å²) in [5.74, 6) is -0.188. The fourth-order valence-corrected chi connectivity index (χ4v) is 2.89. The number of halogens is 2. The summed E-state index contributed by atoms with van der Waals surface area (Å²) in [4.78, 5) is 1.01. The van der Waals surface area contributed by atoms with Gasteiger partial charge in [0.2, 0.25) is 0 Å². The predicted molar refractivity (Wildman–Crippen MR) is 62.5 cm³/mol. The summed E-state index contributed by atoms with van der Waals surface area (Å²) in [6.45, 7) is 3.13. The molecule has 0 fully saturated rings. The second-order valence-electron chi connectivity index (χ2n) is 3.41. The summed E-state index contributed by atoms with van der Waals surface area (Å²) in [5, 5.41) is 3.85. The molecule has 0 aliphatic carbocycles. The molecule has 1 nitrogen and oxygen atoms in total. The highest BCUT2D eigenvalue weighted by Crippen LogP contribution is 2.37. The Bertz CT molecular complexity index is 356. The summed E-state index contributed by atoms with van der Waals surface area (Å²) < 4.78 is 13.8. The topological polar surface area (TPSA) is 12.0 Å². The highest BCUT2D eigenvalue weighted by atomic mass is 79.9. The molecule has 0 aromatic heterocycles. The molecule has 0 radical (unpaired) electrons. The molecule has 0 saturated carbocycles. The molecule has 1 N–H and O–H groups in total. The van der Waals surface area contributed by atoms with Crippen molar-refractivity contribution in [3.8, 4) is 0 Å². The highest BCUT2D eigenvalue weighted by Gasteiger charge is 2.15. The quantitative estimate of drug-likeness (QED) is 0.771. The van der Waals surface area contributed by atoms with Crippen molar-refractivity contribution in [3.05, 3.63) is 22.4 Å². The number of benzene rings is 1. The molecule has 14 heavy (non-hydrogen) atoms. The molecule has 0 spiro atoms. The van der Waals surface area contributed by atoms with Crippen molar-refractivity contribution >= 4 is 33.4 Å². The molecule has 1 atom stereocenters. The van der Waals surface area contributed by atoms with E-state index in [1.807, 2.05) is 6.07 Å². The van der Waals surface area contributed by atoms with Crippen molar-refractivity contribution < 1.29 is 4.39 Å². The molecular formula is C10H11BrFNS. The van der Waals surface area contributed by atoms with Crippen LogP contribution in [-0.2, 0) is 0 Å². The van der Waals surface area contributed by atoms with Crippen LogP contribution in [0.1, 0.15) is 13.3 Å². The summed E-state index contributed by atoms with van der Waals surface area (Å²) in [7, 11) is 0. The van der Waals surface area contributed by atoms with E-state index in [2.05, 4.69) is 28.2 Å². The Kier molecular flexibility index (Phi) is 3.02. The zero-order chi connectivity index (χ0) is 10.1. The Balaban J connectivity index is 2.41. The second-order valence-corrected chi connectivity index (χ2v) is 5.74. The number of rotatable bonds is 0. The van der Waals surface area contributed by atoms with Crippen LogP contribution in [0.4, 0.5) is 10.1 Å². The largest absolute Gasteiger partial charge is 0.384 e. The van der Waals surface area contributed by atoms with Gasteiger partial charge in [0, 0.05) is 22.4 Å². The molecule has 1 heterocycles. The molecule has 0 bridgehead atoms. The van der Waals surface area contributed by atoms with E-state index in [0.29, 0.717) is 9.72 Å². The van der Waals surface area contributed by atoms with Crippen LogP contribution in [0, 0.1) is 5.82 Å². The van der Waals surface area contributed by atoms with Crippen LogP contribution in [0.15, 0.2) is 21.5 Å². The first-order valence-corrected chi connectivity index (χ1v) is 6.23. The number of thioether (sulfide) groups is 1. The third-order valence-electron chi connectivity index (χ3n) is 2.22. The lowest BCUT2D eigenvalue weighted by Gasteiger charge is -2.08. The van der Waals surface area contributed by atoms with Gasteiger partial charge in [0.15, 0.2) is 0 Å². The lowest BCUT2D eigenvalue weighted by molar-refractivity contribution is 0.618. The van der Waals surface area contributed by atoms with Gasteiger partial charge < -0.3 is 5.32 Å². The SMILES string of the molecule is CC1CCNc2cc(Br)c(F)cc2S1. The molecule has 1 aliphatic heterocycles. The van der Waals surface area contributed by atoms with Gasteiger partial charge in [-0.1, -0.05) is 6.92 Å². The maximum absolute atomic E-state index is 13.3. The predicted octanol–water partition coefficient (Wildman–Crippen LogP) is 3.88. The lowest BCUT2D eigenvalue weighted by Crippen LogP contribution is -2.03. The van der Waals surface area contributed by atoms with Crippen molar-refractivity contribution in [2.75, 3.05) is 11.9 Å². The van der Waals surface area contributed by atoms with Crippen LogP contribution < -0.4 is 5.32 Å². The molecule has 0 saturated heterocycles. The summed E-state index contributed by atoms with van der Waals surface area (Å²) in [6, 6.07) is 3.41. The van der Waals surface area contributed by atoms with Crippen LogP contribution in [0.3, 0.4) is 0 Å². The smallest absolute Gasteiger partial charge is 0.138 e. The fraction of sp³-hybridized carbons (Fsp3) is 0.400. The number of fused-ring (bicyclic) bond motifs is 1. The van der Waals surface area contributed by atoms with E-state index in [0.717, 1.165) is 23.5 Å². The van der Waals surface area contributed by atoms with Crippen LogP contribution in [0.5, 0.6) is 0 Å². The molecule has 1 aliphatic rings. The highest BCUT2D eigenvalue weighted by molar-refractivity contribution is 9.10. The molecule has 4 heteroatoms. The van der Waals surface area contributed by atoms with E-state index >= 15 is 0 Å². The monoisotopic (exact) mass is 275 g/mol. The third-order valence-corrected chi connectivity index (χ3v) is 4.05. The van der Waals surface area contributed by atoms with Crippen molar-refractivity contribution in [2.24, 2.45) is 0 Å². The van der Waals surface area contributed by atoms with Crippen molar-refractivity contribution in [1.29, 1.82) is 0 Å². The van der Waals surface area contributed by atoms with Gasteiger partial charge in [-0.3, -0.25) is 0 Å². The van der Waals surface area contributed by atoms with Gasteiger partial charge in [0.05, 0.1) is 4.47 Å². The minimum atomic E-state index is -0.188. The van der Waals surface area contributed by atoms with Gasteiger partial charge in [-0.05, 0) is 34.5 Å².